The number of fused-ring (bicyclic) bond motifs is 12. The molecule has 274 valence electrons. The highest BCUT2D eigenvalue weighted by Crippen LogP contribution is 2.44. The molecule has 8 aromatic carbocycles. The van der Waals surface area contributed by atoms with Gasteiger partial charge in [0.2, 0.25) is 11.9 Å². The van der Waals surface area contributed by atoms with Gasteiger partial charge in [0.25, 0.3) is 0 Å². The Morgan fingerprint density at radius 2 is 1.05 bits per heavy atom. The van der Waals surface area contributed by atoms with Gasteiger partial charge in [0.15, 0.2) is 0 Å². The molecule has 0 bridgehead atoms. The number of aromatic nitrogens is 6. The number of benzene rings is 8. The highest BCUT2D eigenvalue weighted by Gasteiger charge is 2.25. The van der Waals surface area contributed by atoms with Gasteiger partial charge >= 0.3 is 0 Å². The molecule has 0 saturated heterocycles. The molecule has 13 rings (SSSR count). The average molecular weight is 771 g/mol. The lowest BCUT2D eigenvalue weighted by molar-refractivity contribution is 1.01. The topological polar surface area (TPSA) is 61.4 Å². The van der Waals surface area contributed by atoms with Crippen molar-refractivity contribution in [3.63, 3.8) is 0 Å². The fourth-order valence-electron chi connectivity index (χ4n) is 9.12. The SMILES string of the molecule is c1ccc(-c2nc(-n3c4ccccc4c4ccc5c(c6ccccc6n5-c5nc(-c6ccc7ccccc7c6)c6sc7ccccc7c6n5)c43)nc3ccccc23)cc1. The van der Waals surface area contributed by atoms with Gasteiger partial charge in [-0.05, 0) is 47.2 Å². The van der Waals surface area contributed by atoms with E-state index in [1.165, 1.54) is 15.5 Å². The van der Waals surface area contributed by atoms with Crippen LogP contribution in [-0.2, 0) is 0 Å². The van der Waals surface area contributed by atoms with Crippen LogP contribution in [0.1, 0.15) is 0 Å². The van der Waals surface area contributed by atoms with Gasteiger partial charge in [-0.3, -0.25) is 9.13 Å². The molecule has 13 aromatic rings. The van der Waals surface area contributed by atoms with E-state index in [2.05, 4.69) is 179 Å². The highest BCUT2D eigenvalue weighted by atomic mass is 32.1. The van der Waals surface area contributed by atoms with Crippen molar-refractivity contribution in [1.29, 1.82) is 0 Å². The molecule has 0 aliphatic heterocycles. The molecule has 59 heavy (non-hydrogen) atoms. The lowest BCUT2D eigenvalue weighted by atomic mass is 10.0. The first-order chi connectivity index (χ1) is 29.3. The Morgan fingerprint density at radius 1 is 0.390 bits per heavy atom. The van der Waals surface area contributed by atoms with Crippen LogP contribution in [0.3, 0.4) is 0 Å². The minimum Gasteiger partial charge on any atom is -0.278 e. The molecule has 0 unspecified atom stereocenters. The van der Waals surface area contributed by atoms with E-state index in [0.29, 0.717) is 11.9 Å². The minimum absolute atomic E-state index is 0.624. The van der Waals surface area contributed by atoms with Crippen molar-refractivity contribution in [1.82, 2.24) is 29.1 Å². The summed E-state index contributed by atoms with van der Waals surface area (Å²) in [6.45, 7) is 0. The van der Waals surface area contributed by atoms with Crippen LogP contribution in [0.15, 0.2) is 182 Å². The van der Waals surface area contributed by atoms with Gasteiger partial charge < -0.3 is 0 Å². The molecule has 0 saturated carbocycles. The van der Waals surface area contributed by atoms with Crippen molar-refractivity contribution in [2.75, 3.05) is 0 Å². The van der Waals surface area contributed by atoms with Gasteiger partial charge in [0.05, 0.1) is 49.2 Å². The first kappa shape index (κ1) is 32.4. The van der Waals surface area contributed by atoms with E-state index in [1.807, 2.05) is 12.1 Å². The summed E-state index contributed by atoms with van der Waals surface area (Å²) in [5.41, 5.74) is 9.91. The van der Waals surface area contributed by atoms with E-state index in [4.69, 9.17) is 19.9 Å². The number of para-hydroxylation sites is 3. The minimum atomic E-state index is 0.624. The van der Waals surface area contributed by atoms with Crippen LogP contribution in [0, 0.1) is 0 Å². The summed E-state index contributed by atoms with van der Waals surface area (Å²) in [4.78, 5) is 21.7. The molecule has 0 N–H and O–H groups in total. The summed E-state index contributed by atoms with van der Waals surface area (Å²) in [5.74, 6) is 1.25. The third-order valence-corrected chi connectivity index (χ3v) is 12.9. The van der Waals surface area contributed by atoms with Crippen molar-refractivity contribution >= 4 is 96.9 Å². The third-order valence-electron chi connectivity index (χ3n) is 11.7. The third kappa shape index (κ3) is 4.73. The zero-order valence-electron chi connectivity index (χ0n) is 31.4. The molecule has 0 aliphatic rings. The summed E-state index contributed by atoms with van der Waals surface area (Å²) < 4.78 is 6.78. The second kappa shape index (κ2) is 12.4. The zero-order chi connectivity index (χ0) is 38.6. The molecule has 0 amide bonds. The molecule has 7 heteroatoms. The molecule has 0 fully saturated rings. The van der Waals surface area contributed by atoms with E-state index in [9.17, 15) is 0 Å². The van der Waals surface area contributed by atoms with Crippen LogP contribution in [0.4, 0.5) is 0 Å². The monoisotopic (exact) mass is 770 g/mol. The fraction of sp³-hybridized carbons (Fsp3) is 0. The van der Waals surface area contributed by atoms with Gasteiger partial charge in [-0.15, -0.1) is 11.3 Å². The first-order valence-corrected chi connectivity index (χ1v) is 20.6. The fourth-order valence-corrected chi connectivity index (χ4v) is 10.3. The standard InChI is InChI=1S/C52H30N6S/c1-2-15-32(16-3-1)46-37-19-6-10-22-40(37)53-51(54-46)58-41-23-11-7-18-35(41)36-28-29-43-45(49(36)58)38-20-8-12-24-42(38)57(43)52-55-47(34-27-26-31-14-4-5-17-33(31)30-34)50-48(56-52)39-21-9-13-25-44(39)59-50/h1-30H. The summed E-state index contributed by atoms with van der Waals surface area (Å²) in [6.07, 6.45) is 0. The van der Waals surface area contributed by atoms with Gasteiger partial charge in [0, 0.05) is 48.1 Å². The Morgan fingerprint density at radius 3 is 1.92 bits per heavy atom. The average Bonchev–Trinajstić information content (AvgIpc) is 3.96. The van der Waals surface area contributed by atoms with Crippen molar-refractivity contribution in [2.45, 2.75) is 0 Å². The largest absolute Gasteiger partial charge is 0.278 e. The smallest absolute Gasteiger partial charge is 0.235 e. The Labute approximate surface area is 340 Å². The van der Waals surface area contributed by atoms with Gasteiger partial charge in [0.1, 0.15) is 0 Å². The first-order valence-electron chi connectivity index (χ1n) is 19.7. The predicted molar refractivity (Wildman–Crippen MR) is 245 cm³/mol. The maximum absolute atomic E-state index is 5.53. The molecule has 0 radical (unpaired) electrons. The van der Waals surface area contributed by atoms with Crippen molar-refractivity contribution in [3.8, 4) is 34.4 Å². The molecule has 0 atom stereocenters. The highest BCUT2D eigenvalue weighted by molar-refractivity contribution is 7.26. The van der Waals surface area contributed by atoms with E-state index in [-0.39, 0.29) is 0 Å². The van der Waals surface area contributed by atoms with E-state index >= 15 is 0 Å². The van der Waals surface area contributed by atoms with E-state index < -0.39 is 0 Å². The number of thiophene rings is 1. The van der Waals surface area contributed by atoms with E-state index in [0.717, 1.165) is 92.6 Å². The van der Waals surface area contributed by atoms with Crippen LogP contribution < -0.4 is 0 Å². The molecule has 5 aromatic heterocycles. The summed E-state index contributed by atoms with van der Waals surface area (Å²) in [7, 11) is 0. The Balaban J connectivity index is 1.16. The molecular weight excluding hydrogens is 741 g/mol. The number of nitrogens with zero attached hydrogens (tertiary/aromatic N) is 6. The van der Waals surface area contributed by atoms with Crippen molar-refractivity contribution in [3.05, 3.63) is 182 Å². The molecule has 0 spiro atoms. The van der Waals surface area contributed by atoms with Crippen LogP contribution in [-0.4, -0.2) is 29.1 Å². The lowest BCUT2D eigenvalue weighted by Crippen LogP contribution is -2.04. The Hall–Kier alpha value is -7.74. The second-order valence-electron chi connectivity index (χ2n) is 15.0. The van der Waals surface area contributed by atoms with Crippen molar-refractivity contribution < 1.29 is 0 Å². The van der Waals surface area contributed by atoms with Crippen LogP contribution in [0.2, 0.25) is 0 Å². The number of rotatable bonds is 4. The number of hydrogen-bond acceptors (Lipinski definition) is 5. The lowest BCUT2D eigenvalue weighted by Gasteiger charge is -2.12. The predicted octanol–water partition coefficient (Wildman–Crippen LogP) is 13.5. The Kier molecular flexibility index (Phi) is 6.79. The number of hydrogen-bond donors (Lipinski definition) is 0. The molecular formula is C52H30N6S. The normalized spacial score (nSPS) is 12.1. The summed E-state index contributed by atoms with van der Waals surface area (Å²) >= 11 is 1.75. The summed E-state index contributed by atoms with van der Waals surface area (Å²) in [6, 6.07) is 64.1. The molecule has 6 nitrogen and oxygen atoms in total. The maximum atomic E-state index is 5.53. The van der Waals surface area contributed by atoms with Gasteiger partial charge in [-0.1, -0.05) is 146 Å². The molecule has 5 heterocycles. The molecule has 0 aliphatic carbocycles. The van der Waals surface area contributed by atoms with E-state index in [1.54, 1.807) is 11.3 Å². The van der Waals surface area contributed by atoms with Gasteiger partial charge in [-0.2, -0.15) is 0 Å². The van der Waals surface area contributed by atoms with Crippen LogP contribution in [0.5, 0.6) is 0 Å². The van der Waals surface area contributed by atoms with Crippen LogP contribution in [0.25, 0.3) is 120 Å². The maximum Gasteiger partial charge on any atom is 0.235 e. The Bertz CT molecular complexity index is 3860. The quantitative estimate of drug-likeness (QED) is 0.179. The second-order valence-corrected chi connectivity index (χ2v) is 16.1. The van der Waals surface area contributed by atoms with Crippen molar-refractivity contribution in [2.24, 2.45) is 0 Å². The van der Waals surface area contributed by atoms with Crippen LogP contribution >= 0.6 is 11.3 Å². The summed E-state index contributed by atoms with van der Waals surface area (Å²) in [5, 5.41) is 8.99. The van der Waals surface area contributed by atoms with Gasteiger partial charge in [-0.25, -0.2) is 19.9 Å². The zero-order valence-corrected chi connectivity index (χ0v) is 32.2.